The average molecular weight is 340 g/mol. The highest BCUT2D eigenvalue weighted by atomic mass is 32.2. The second-order valence-electron chi connectivity index (χ2n) is 6.28. The van der Waals surface area contributed by atoms with Gasteiger partial charge in [0.2, 0.25) is 5.91 Å². The highest BCUT2D eigenvalue weighted by Gasteiger charge is 2.73. The lowest BCUT2D eigenvalue weighted by Crippen LogP contribution is -2.64. The van der Waals surface area contributed by atoms with Gasteiger partial charge in [-0.25, -0.2) is 13.2 Å². The molecule has 2 aliphatic rings. The Balaban J connectivity index is 2.04. The molecule has 2 N–H and O–H groups in total. The molecule has 2 saturated heterocycles. The number of amides is 1. The van der Waals surface area contributed by atoms with Gasteiger partial charge in [-0.05, 0) is 25.5 Å². The molecule has 0 aromatic carbocycles. The molecule has 3 heterocycles. The Hall–Kier alpha value is -2.00. The van der Waals surface area contributed by atoms with Crippen LogP contribution in [0.15, 0.2) is 24.5 Å². The number of aliphatic hydroxyl groups is 1. The molecular formula is C14H16N2O6S. The van der Waals surface area contributed by atoms with Gasteiger partial charge in [0.05, 0.1) is 10.9 Å². The third kappa shape index (κ3) is 1.86. The molecule has 0 bridgehead atoms. The van der Waals surface area contributed by atoms with E-state index in [1.165, 1.54) is 32.3 Å². The summed E-state index contributed by atoms with van der Waals surface area (Å²) < 4.78 is 23.8. The zero-order valence-corrected chi connectivity index (χ0v) is 13.3. The number of carbonyl (C=O) groups is 2. The number of nitrogens with zero attached hydrogens (tertiary/aromatic N) is 2. The van der Waals surface area contributed by atoms with Crippen LogP contribution < -0.4 is 0 Å². The normalized spacial score (nSPS) is 32.0. The summed E-state index contributed by atoms with van der Waals surface area (Å²) in [5, 5.41) is 18.4. The van der Waals surface area contributed by atoms with Crippen molar-refractivity contribution in [3.8, 4) is 0 Å². The van der Waals surface area contributed by atoms with E-state index in [0.717, 1.165) is 4.90 Å². The molecule has 4 atom stereocenters. The van der Waals surface area contributed by atoms with Gasteiger partial charge in [0.25, 0.3) is 0 Å². The topological polar surface area (TPSA) is 125 Å². The Kier molecular flexibility index (Phi) is 3.28. The number of pyridine rings is 1. The van der Waals surface area contributed by atoms with E-state index in [1.54, 1.807) is 6.07 Å². The number of hydrogen-bond donors (Lipinski definition) is 2. The van der Waals surface area contributed by atoms with Gasteiger partial charge in [0.15, 0.2) is 9.84 Å². The number of aromatic nitrogens is 1. The number of rotatable bonds is 3. The van der Waals surface area contributed by atoms with Gasteiger partial charge in [0.1, 0.15) is 17.3 Å². The first-order valence-corrected chi connectivity index (χ1v) is 8.53. The van der Waals surface area contributed by atoms with Crippen molar-refractivity contribution < 1.29 is 28.2 Å². The second-order valence-corrected chi connectivity index (χ2v) is 8.91. The number of carboxylic acid groups (broad SMARTS) is 1. The first-order chi connectivity index (χ1) is 10.6. The molecule has 0 saturated carbocycles. The fourth-order valence-corrected chi connectivity index (χ4v) is 5.72. The molecule has 1 aromatic heterocycles. The third-order valence-electron chi connectivity index (χ3n) is 4.71. The Morgan fingerprint density at radius 2 is 2.09 bits per heavy atom. The van der Waals surface area contributed by atoms with Crippen LogP contribution in [0.4, 0.5) is 0 Å². The first-order valence-electron chi connectivity index (χ1n) is 6.99. The van der Waals surface area contributed by atoms with Crippen molar-refractivity contribution in [2.75, 3.05) is 0 Å². The van der Waals surface area contributed by atoms with Crippen molar-refractivity contribution in [1.29, 1.82) is 0 Å². The van der Waals surface area contributed by atoms with Crippen LogP contribution in [0.2, 0.25) is 0 Å². The quantitative estimate of drug-likeness (QED) is 0.715. The lowest BCUT2D eigenvalue weighted by atomic mass is 9.85. The average Bonchev–Trinajstić information content (AvgIpc) is 2.62. The van der Waals surface area contributed by atoms with Crippen LogP contribution in [0.5, 0.6) is 0 Å². The van der Waals surface area contributed by atoms with Crippen LogP contribution in [-0.4, -0.2) is 56.6 Å². The smallest absolute Gasteiger partial charge is 0.328 e. The molecule has 1 aromatic rings. The zero-order valence-electron chi connectivity index (χ0n) is 12.4. The Morgan fingerprint density at radius 3 is 2.61 bits per heavy atom. The maximum Gasteiger partial charge on any atom is 0.328 e. The summed E-state index contributed by atoms with van der Waals surface area (Å²) in [5.41, 5.74) is 0.317. The zero-order chi connectivity index (χ0) is 17.2. The first kappa shape index (κ1) is 15.9. The minimum Gasteiger partial charge on any atom is -0.480 e. The van der Waals surface area contributed by atoms with E-state index in [2.05, 4.69) is 4.98 Å². The van der Waals surface area contributed by atoms with Crippen molar-refractivity contribution in [1.82, 2.24) is 9.88 Å². The summed E-state index contributed by atoms with van der Waals surface area (Å²) in [6, 6.07) is 1.64. The number of fused-ring (bicyclic) bond motifs is 1. The summed E-state index contributed by atoms with van der Waals surface area (Å²) in [6.07, 6.45) is 1.48. The third-order valence-corrected chi connectivity index (χ3v) is 7.55. The van der Waals surface area contributed by atoms with E-state index < -0.39 is 49.9 Å². The molecule has 1 amide bonds. The van der Waals surface area contributed by atoms with Crippen LogP contribution in [0, 0.1) is 5.92 Å². The molecule has 23 heavy (non-hydrogen) atoms. The van der Waals surface area contributed by atoms with Crippen LogP contribution in [0.25, 0.3) is 0 Å². The lowest BCUT2D eigenvalue weighted by molar-refractivity contribution is -0.169. The molecule has 0 radical (unpaired) electrons. The maximum atomic E-state index is 12.7. The van der Waals surface area contributed by atoms with E-state index in [0.29, 0.717) is 5.56 Å². The van der Waals surface area contributed by atoms with E-state index in [-0.39, 0.29) is 0 Å². The van der Waals surface area contributed by atoms with Crippen molar-refractivity contribution in [3.63, 3.8) is 0 Å². The molecule has 2 aliphatic heterocycles. The fraction of sp³-hybridized carbons (Fsp3) is 0.500. The molecule has 2 fully saturated rings. The summed E-state index contributed by atoms with van der Waals surface area (Å²) in [5.74, 6) is -3.26. The minimum absolute atomic E-state index is 0.317. The summed E-state index contributed by atoms with van der Waals surface area (Å²) >= 11 is 0. The van der Waals surface area contributed by atoms with E-state index >= 15 is 0 Å². The van der Waals surface area contributed by atoms with Crippen LogP contribution in [-0.2, 0) is 19.4 Å². The van der Waals surface area contributed by atoms with Gasteiger partial charge in [-0.3, -0.25) is 9.78 Å². The van der Waals surface area contributed by atoms with E-state index in [4.69, 9.17) is 0 Å². The highest BCUT2D eigenvalue weighted by molar-refractivity contribution is 7.93. The summed E-state index contributed by atoms with van der Waals surface area (Å²) in [6.45, 7) is 2.58. The van der Waals surface area contributed by atoms with E-state index in [9.17, 15) is 28.2 Å². The molecular weight excluding hydrogens is 324 g/mol. The molecule has 0 spiro atoms. The number of carbonyl (C=O) groups excluding carboxylic acids is 1. The van der Waals surface area contributed by atoms with Crippen molar-refractivity contribution >= 4 is 21.7 Å². The molecule has 3 rings (SSSR count). The fourth-order valence-electron chi connectivity index (χ4n) is 3.39. The molecule has 8 nitrogen and oxygen atoms in total. The van der Waals surface area contributed by atoms with Gasteiger partial charge >= 0.3 is 5.97 Å². The van der Waals surface area contributed by atoms with Gasteiger partial charge in [-0.1, -0.05) is 6.07 Å². The van der Waals surface area contributed by atoms with Crippen molar-refractivity contribution in [2.45, 2.75) is 36.1 Å². The van der Waals surface area contributed by atoms with Crippen LogP contribution >= 0.6 is 0 Å². The second kappa shape index (κ2) is 4.75. The van der Waals surface area contributed by atoms with Crippen molar-refractivity contribution in [2.24, 2.45) is 5.92 Å². The Bertz CT molecular complexity index is 776. The van der Waals surface area contributed by atoms with Crippen molar-refractivity contribution in [3.05, 3.63) is 30.1 Å². The largest absolute Gasteiger partial charge is 0.480 e. The minimum atomic E-state index is -3.95. The van der Waals surface area contributed by atoms with Crippen LogP contribution in [0.3, 0.4) is 0 Å². The molecule has 124 valence electrons. The van der Waals surface area contributed by atoms with Gasteiger partial charge < -0.3 is 15.1 Å². The number of sulfone groups is 1. The number of hydrogen-bond acceptors (Lipinski definition) is 6. The van der Waals surface area contributed by atoms with Crippen LogP contribution in [0.1, 0.15) is 25.5 Å². The standard InChI is InChI=1S/C14H16N2O6S/c1-14(2)10(13(19)20)16-11(18)8(12(16)23(14,21)22)9(17)7-4-3-5-15-6-7/h3-6,8-10,12,17H,1-2H3,(H,19,20)/t8-,9-,10+,12-/m1/s1. The predicted octanol–water partition coefficient (Wildman–Crippen LogP) is -0.440. The highest BCUT2D eigenvalue weighted by Crippen LogP contribution is 2.51. The molecule has 0 unspecified atom stereocenters. The monoisotopic (exact) mass is 340 g/mol. The Labute approximate surface area is 132 Å². The maximum absolute atomic E-state index is 12.7. The lowest BCUT2D eigenvalue weighted by Gasteiger charge is -2.44. The van der Waals surface area contributed by atoms with Gasteiger partial charge in [0, 0.05) is 12.4 Å². The van der Waals surface area contributed by atoms with Gasteiger partial charge in [-0.15, -0.1) is 0 Å². The number of aliphatic carboxylic acids is 1. The number of β-lactam (4-membered cyclic amide) rings is 1. The van der Waals surface area contributed by atoms with E-state index in [1.807, 2.05) is 0 Å². The van der Waals surface area contributed by atoms with Gasteiger partial charge in [-0.2, -0.15) is 0 Å². The molecule has 0 aliphatic carbocycles. The number of aliphatic hydroxyl groups excluding tert-OH is 1. The number of carboxylic acids is 1. The SMILES string of the molecule is CC1(C)[C@H](C(=O)O)N2C(=O)[C@@H]([C@H](O)c3cccnc3)[C@H]2S1(=O)=O. The summed E-state index contributed by atoms with van der Waals surface area (Å²) in [7, 11) is -3.95. The molecule has 9 heteroatoms. The Morgan fingerprint density at radius 1 is 1.43 bits per heavy atom. The predicted molar refractivity (Wildman–Crippen MR) is 77.7 cm³/mol. The summed E-state index contributed by atoms with van der Waals surface area (Å²) in [4.78, 5) is 28.5.